The number of nitrogens with one attached hydrogen (secondary N) is 1. The molecule has 0 saturated carbocycles. The first-order valence-corrected chi connectivity index (χ1v) is 9.88. The summed E-state index contributed by atoms with van der Waals surface area (Å²) in [4.78, 5) is 33.6. The zero-order valence-corrected chi connectivity index (χ0v) is 18.6. The lowest BCUT2D eigenvalue weighted by molar-refractivity contribution is -0.144. The number of aromatic nitrogens is 4. The van der Waals surface area contributed by atoms with Crippen molar-refractivity contribution < 1.29 is 22.7 Å². The molecular formula is C21H24F3N5O3. The molecule has 172 valence electrons. The van der Waals surface area contributed by atoms with Crippen molar-refractivity contribution in [2.75, 3.05) is 5.32 Å². The topological polar surface area (TPSA) is 91.0 Å². The second-order valence-electron chi connectivity index (χ2n) is 8.29. The molecule has 0 aliphatic heterocycles. The number of hydrogen-bond acceptors (Lipinski definition) is 5. The van der Waals surface area contributed by atoms with Crippen LogP contribution < -0.4 is 10.9 Å². The normalized spacial score (nSPS) is 12.3. The van der Waals surface area contributed by atoms with E-state index in [0.717, 1.165) is 6.07 Å². The number of ether oxygens (including phenoxy) is 1. The molecule has 0 aromatic carbocycles. The van der Waals surface area contributed by atoms with Crippen LogP contribution in [0.4, 0.5) is 23.8 Å². The molecule has 1 amide bonds. The van der Waals surface area contributed by atoms with Crippen molar-refractivity contribution in [3.8, 4) is 11.5 Å². The van der Waals surface area contributed by atoms with Crippen LogP contribution in [-0.4, -0.2) is 30.8 Å². The zero-order valence-electron chi connectivity index (χ0n) is 18.6. The predicted octanol–water partition coefficient (Wildman–Crippen LogP) is 4.49. The Hall–Kier alpha value is -3.37. The second-order valence-corrected chi connectivity index (χ2v) is 8.29. The molecule has 0 fully saturated rings. The number of imidazole rings is 1. The van der Waals surface area contributed by atoms with Gasteiger partial charge in [-0.25, -0.2) is 14.8 Å². The van der Waals surface area contributed by atoms with Crippen LogP contribution in [0.1, 0.15) is 39.0 Å². The average Bonchev–Trinajstić information content (AvgIpc) is 2.97. The lowest BCUT2D eigenvalue weighted by Crippen LogP contribution is -2.28. The summed E-state index contributed by atoms with van der Waals surface area (Å²) in [6.07, 6.45) is -5.41. The van der Waals surface area contributed by atoms with Gasteiger partial charge in [0.25, 0.3) is 5.56 Å². The van der Waals surface area contributed by atoms with Crippen LogP contribution in [-0.2, 0) is 24.5 Å². The van der Waals surface area contributed by atoms with Gasteiger partial charge < -0.3 is 13.9 Å². The summed E-state index contributed by atoms with van der Waals surface area (Å²) < 4.78 is 47.7. The Morgan fingerprint density at radius 2 is 1.84 bits per heavy atom. The SMILES string of the molecule is CCn1c(C(F)(F)F)cc2nc(-c3nc(NC(=O)OC(C)(C)C)ccc3C)n(C)c2c1=O. The highest BCUT2D eigenvalue weighted by Gasteiger charge is 2.35. The van der Waals surface area contributed by atoms with E-state index in [-0.39, 0.29) is 29.2 Å². The Balaban J connectivity index is 2.14. The number of carbonyl (C=O) groups is 1. The molecule has 0 atom stereocenters. The van der Waals surface area contributed by atoms with Crippen molar-refractivity contribution >= 4 is 22.9 Å². The van der Waals surface area contributed by atoms with Crippen LogP contribution in [0.15, 0.2) is 23.0 Å². The van der Waals surface area contributed by atoms with Gasteiger partial charge in [-0.3, -0.25) is 10.1 Å². The highest BCUT2D eigenvalue weighted by atomic mass is 19.4. The summed E-state index contributed by atoms with van der Waals surface area (Å²) in [5.41, 5.74) is -1.65. The Kier molecular flexibility index (Phi) is 5.79. The lowest BCUT2D eigenvalue weighted by atomic mass is 10.2. The van der Waals surface area contributed by atoms with Gasteiger partial charge >= 0.3 is 12.3 Å². The van der Waals surface area contributed by atoms with Gasteiger partial charge in [0.05, 0.1) is 5.52 Å². The second kappa shape index (κ2) is 7.95. The summed E-state index contributed by atoms with van der Waals surface area (Å²) >= 11 is 0. The van der Waals surface area contributed by atoms with Crippen molar-refractivity contribution in [1.82, 2.24) is 19.1 Å². The smallest absolute Gasteiger partial charge is 0.431 e. The molecule has 1 N–H and O–H groups in total. The minimum Gasteiger partial charge on any atom is -0.444 e. The minimum absolute atomic E-state index is 0.0292. The first-order valence-electron chi connectivity index (χ1n) is 9.88. The Bertz CT molecular complexity index is 1250. The van der Waals surface area contributed by atoms with E-state index < -0.39 is 29.1 Å². The van der Waals surface area contributed by atoms with E-state index in [9.17, 15) is 22.8 Å². The van der Waals surface area contributed by atoms with E-state index in [4.69, 9.17) is 4.74 Å². The molecule has 3 heterocycles. The van der Waals surface area contributed by atoms with Crippen LogP contribution in [0.2, 0.25) is 0 Å². The maximum atomic E-state index is 13.5. The molecule has 0 aliphatic rings. The lowest BCUT2D eigenvalue weighted by Gasteiger charge is -2.19. The molecule has 0 bridgehead atoms. The average molecular weight is 451 g/mol. The van der Waals surface area contributed by atoms with Gasteiger partial charge in [0.2, 0.25) is 0 Å². The Morgan fingerprint density at radius 1 is 1.19 bits per heavy atom. The first-order chi connectivity index (χ1) is 14.7. The molecule has 3 rings (SSSR count). The quantitative estimate of drug-likeness (QED) is 0.634. The molecule has 3 aromatic heterocycles. The molecule has 0 unspecified atom stereocenters. The number of halogens is 3. The standard InChI is InChI=1S/C21H24F3N5O3/c1-7-29-13(21(22,23)24)10-12-16(18(29)30)28(6)17(25-12)15-11(2)8-9-14(26-15)27-19(31)32-20(3,4)5/h8-10H,7H2,1-6H3,(H,26,27,31). The summed E-state index contributed by atoms with van der Waals surface area (Å²) in [5.74, 6) is 0.373. The first kappa shape index (κ1) is 23.3. The fraction of sp³-hybridized carbons (Fsp3) is 0.429. The van der Waals surface area contributed by atoms with Crippen molar-refractivity contribution in [3.05, 3.63) is 39.8 Å². The predicted molar refractivity (Wildman–Crippen MR) is 113 cm³/mol. The molecule has 11 heteroatoms. The molecule has 32 heavy (non-hydrogen) atoms. The third-order valence-corrected chi connectivity index (χ3v) is 4.68. The minimum atomic E-state index is -4.70. The summed E-state index contributed by atoms with van der Waals surface area (Å²) in [6.45, 7) is 8.23. The van der Waals surface area contributed by atoms with E-state index in [1.165, 1.54) is 18.5 Å². The van der Waals surface area contributed by atoms with Crippen molar-refractivity contribution in [2.24, 2.45) is 7.05 Å². The number of aryl methyl sites for hydroxylation is 2. The fourth-order valence-corrected chi connectivity index (χ4v) is 3.31. The van der Waals surface area contributed by atoms with Crippen molar-refractivity contribution in [1.29, 1.82) is 0 Å². The van der Waals surface area contributed by atoms with E-state index in [0.29, 0.717) is 15.8 Å². The number of anilines is 1. The van der Waals surface area contributed by atoms with E-state index in [1.54, 1.807) is 39.8 Å². The van der Waals surface area contributed by atoms with Gasteiger partial charge in [-0.1, -0.05) is 6.07 Å². The molecule has 3 aromatic rings. The van der Waals surface area contributed by atoms with Crippen molar-refractivity contribution in [3.63, 3.8) is 0 Å². The Labute approximate surface area is 182 Å². The zero-order chi connectivity index (χ0) is 24.0. The number of rotatable bonds is 3. The van der Waals surface area contributed by atoms with E-state index in [2.05, 4.69) is 15.3 Å². The van der Waals surface area contributed by atoms with Crippen molar-refractivity contribution in [2.45, 2.75) is 52.9 Å². The van der Waals surface area contributed by atoms with Gasteiger partial charge in [-0.05, 0) is 52.3 Å². The largest absolute Gasteiger partial charge is 0.444 e. The van der Waals surface area contributed by atoms with E-state index >= 15 is 0 Å². The van der Waals surface area contributed by atoms with Crippen LogP contribution >= 0.6 is 0 Å². The summed E-state index contributed by atoms with van der Waals surface area (Å²) in [7, 11) is 1.54. The monoisotopic (exact) mass is 451 g/mol. The number of hydrogen-bond donors (Lipinski definition) is 1. The van der Waals surface area contributed by atoms with Gasteiger partial charge in [-0.2, -0.15) is 13.2 Å². The molecule has 0 radical (unpaired) electrons. The highest BCUT2D eigenvalue weighted by molar-refractivity contribution is 5.85. The molecular weight excluding hydrogens is 427 g/mol. The van der Waals surface area contributed by atoms with Crippen LogP contribution in [0.5, 0.6) is 0 Å². The number of alkyl halides is 3. The maximum absolute atomic E-state index is 13.5. The highest BCUT2D eigenvalue weighted by Crippen LogP contribution is 2.32. The Morgan fingerprint density at radius 3 is 2.41 bits per heavy atom. The van der Waals surface area contributed by atoms with Gasteiger partial charge in [0, 0.05) is 13.6 Å². The molecule has 0 saturated heterocycles. The fourth-order valence-electron chi connectivity index (χ4n) is 3.31. The number of fused-ring (bicyclic) bond motifs is 1. The third kappa shape index (κ3) is 4.46. The molecule has 0 aliphatic carbocycles. The summed E-state index contributed by atoms with van der Waals surface area (Å²) in [5, 5.41) is 2.52. The third-order valence-electron chi connectivity index (χ3n) is 4.68. The number of carbonyl (C=O) groups excluding carboxylic acids is 1. The number of nitrogens with zero attached hydrogens (tertiary/aromatic N) is 4. The van der Waals surface area contributed by atoms with Crippen LogP contribution in [0.3, 0.4) is 0 Å². The van der Waals surface area contributed by atoms with Crippen LogP contribution in [0, 0.1) is 6.92 Å². The number of amides is 1. The van der Waals surface area contributed by atoms with Gasteiger partial charge in [-0.15, -0.1) is 0 Å². The molecule has 8 nitrogen and oxygen atoms in total. The molecule has 0 spiro atoms. The maximum Gasteiger partial charge on any atom is 0.431 e. The van der Waals surface area contributed by atoms with Gasteiger partial charge in [0.15, 0.2) is 5.82 Å². The summed E-state index contributed by atoms with van der Waals surface area (Å²) in [6, 6.07) is 4.11. The number of pyridine rings is 2. The van der Waals surface area contributed by atoms with Gasteiger partial charge in [0.1, 0.15) is 28.3 Å². The van der Waals surface area contributed by atoms with E-state index in [1.807, 2.05) is 0 Å². The van der Waals surface area contributed by atoms with Crippen LogP contribution in [0.25, 0.3) is 22.6 Å².